The molecule has 0 bridgehead atoms. The van der Waals surface area contributed by atoms with Crippen LogP contribution in [0.1, 0.15) is 129 Å². The van der Waals surface area contributed by atoms with E-state index in [0.29, 0.717) is 48.9 Å². The Kier molecular flexibility index (Phi) is 9.46. The number of fused-ring (bicyclic) bond motifs is 7. The van der Waals surface area contributed by atoms with Crippen LogP contribution in [0.15, 0.2) is 36.4 Å². The average molecular weight is 674 g/mol. The fraction of sp³-hybridized carbons (Fsp3) is 0.738. The molecule has 0 radical (unpaired) electrons. The first-order valence-corrected chi connectivity index (χ1v) is 19.2. The molecule has 10 atom stereocenters. The predicted molar refractivity (Wildman–Crippen MR) is 194 cm³/mol. The molecule has 5 aliphatic rings. The van der Waals surface area contributed by atoms with Gasteiger partial charge < -0.3 is 21.1 Å². The second kappa shape index (κ2) is 12.8. The lowest BCUT2D eigenvalue weighted by molar-refractivity contribution is -0.246. The zero-order valence-electron chi connectivity index (χ0n) is 31.3. The zero-order valence-corrected chi connectivity index (χ0v) is 31.3. The minimum absolute atomic E-state index is 0.0561. The van der Waals surface area contributed by atoms with Gasteiger partial charge in [-0.1, -0.05) is 58.9 Å². The molecule has 6 rings (SSSR count). The lowest BCUT2D eigenvalue weighted by Gasteiger charge is -2.72. The molecule has 0 aliphatic heterocycles. The van der Waals surface area contributed by atoms with Gasteiger partial charge in [-0.25, -0.2) is 0 Å². The molecular formula is C42H63N3O4. The van der Waals surface area contributed by atoms with Crippen LogP contribution in [-0.4, -0.2) is 42.0 Å². The van der Waals surface area contributed by atoms with Crippen LogP contribution in [0.3, 0.4) is 0 Å². The minimum Gasteiger partial charge on any atom is -0.393 e. The molecule has 3 amide bonds. The van der Waals surface area contributed by atoms with E-state index in [9.17, 15) is 19.5 Å². The van der Waals surface area contributed by atoms with Gasteiger partial charge in [0.05, 0.1) is 11.5 Å². The molecule has 0 saturated heterocycles. The monoisotopic (exact) mass is 673 g/mol. The van der Waals surface area contributed by atoms with E-state index < -0.39 is 5.41 Å². The summed E-state index contributed by atoms with van der Waals surface area (Å²) in [4.78, 5) is 38.5. The highest BCUT2D eigenvalue weighted by Gasteiger charge is 2.71. The fourth-order valence-corrected chi connectivity index (χ4v) is 13.2. The number of aliphatic hydroxyl groups is 1. The van der Waals surface area contributed by atoms with Crippen molar-refractivity contribution in [3.8, 4) is 0 Å². The summed E-state index contributed by atoms with van der Waals surface area (Å²) in [6.07, 6.45) is 10.5. The summed E-state index contributed by atoms with van der Waals surface area (Å²) in [5.41, 5.74) is 2.82. The van der Waals surface area contributed by atoms with E-state index in [1.807, 2.05) is 18.2 Å². The Labute approximate surface area is 295 Å². The third kappa shape index (κ3) is 5.69. The van der Waals surface area contributed by atoms with Crippen molar-refractivity contribution < 1.29 is 19.5 Å². The molecule has 0 aromatic heterocycles. The first-order valence-electron chi connectivity index (χ1n) is 19.2. The molecule has 0 spiro atoms. The van der Waals surface area contributed by atoms with E-state index in [2.05, 4.69) is 64.1 Å². The van der Waals surface area contributed by atoms with Gasteiger partial charge in [0, 0.05) is 32.1 Å². The Hall–Kier alpha value is -2.67. The van der Waals surface area contributed by atoms with Crippen LogP contribution >= 0.6 is 0 Å². The summed E-state index contributed by atoms with van der Waals surface area (Å²) in [6, 6.07) is 7.48. The Bertz CT molecular complexity index is 1490. The number of allylic oxidation sites excluding steroid dienone is 1. The third-order valence-electron chi connectivity index (χ3n) is 15.9. The van der Waals surface area contributed by atoms with Crippen molar-refractivity contribution in [3.63, 3.8) is 0 Å². The van der Waals surface area contributed by atoms with Crippen molar-refractivity contribution in [1.29, 1.82) is 0 Å². The first kappa shape index (κ1) is 36.1. The van der Waals surface area contributed by atoms with Gasteiger partial charge in [-0.2, -0.15) is 0 Å². The molecule has 7 nitrogen and oxygen atoms in total. The van der Waals surface area contributed by atoms with Crippen molar-refractivity contribution in [2.24, 2.45) is 56.7 Å². The van der Waals surface area contributed by atoms with Crippen LogP contribution in [-0.2, 0) is 16.1 Å². The predicted octanol–water partition coefficient (Wildman–Crippen LogP) is 7.19. The summed E-state index contributed by atoms with van der Waals surface area (Å²) in [6.45, 7) is 21.7. The molecule has 49 heavy (non-hydrogen) atoms. The number of nitrogens with one attached hydrogen (secondary N) is 3. The van der Waals surface area contributed by atoms with Crippen LogP contribution in [0.4, 0.5) is 0 Å². The van der Waals surface area contributed by atoms with Gasteiger partial charge >= 0.3 is 0 Å². The molecule has 0 unspecified atom stereocenters. The highest BCUT2D eigenvalue weighted by Crippen LogP contribution is 2.77. The fourth-order valence-electron chi connectivity index (χ4n) is 13.2. The summed E-state index contributed by atoms with van der Waals surface area (Å²) in [7, 11) is 0. The molecule has 5 saturated carbocycles. The van der Waals surface area contributed by atoms with Gasteiger partial charge in [-0.05, 0) is 140 Å². The van der Waals surface area contributed by atoms with Crippen molar-refractivity contribution >= 4 is 17.7 Å². The molecule has 5 aliphatic carbocycles. The Balaban J connectivity index is 1.22. The van der Waals surface area contributed by atoms with Crippen LogP contribution in [0.2, 0.25) is 0 Å². The van der Waals surface area contributed by atoms with Gasteiger partial charge in [0.1, 0.15) is 0 Å². The van der Waals surface area contributed by atoms with E-state index in [1.165, 1.54) is 38.2 Å². The van der Waals surface area contributed by atoms with Crippen LogP contribution < -0.4 is 16.0 Å². The van der Waals surface area contributed by atoms with Gasteiger partial charge in [-0.3, -0.25) is 14.4 Å². The largest absolute Gasteiger partial charge is 0.393 e. The molecule has 1 aromatic rings. The lowest BCUT2D eigenvalue weighted by Crippen LogP contribution is -2.67. The number of carbonyl (C=O) groups is 3. The highest BCUT2D eigenvalue weighted by molar-refractivity contribution is 5.94. The van der Waals surface area contributed by atoms with Crippen molar-refractivity contribution in [3.05, 3.63) is 47.5 Å². The minimum atomic E-state index is -0.395. The number of hydrogen-bond acceptors (Lipinski definition) is 4. The third-order valence-corrected chi connectivity index (χ3v) is 15.9. The number of carbonyl (C=O) groups excluding carboxylic acids is 3. The van der Waals surface area contributed by atoms with Crippen LogP contribution in [0.25, 0.3) is 0 Å². The second-order valence-corrected chi connectivity index (χ2v) is 18.3. The van der Waals surface area contributed by atoms with Crippen molar-refractivity contribution in [1.82, 2.24) is 16.0 Å². The second-order valence-electron chi connectivity index (χ2n) is 18.3. The van der Waals surface area contributed by atoms with E-state index in [1.54, 1.807) is 6.07 Å². The zero-order chi connectivity index (χ0) is 35.6. The number of rotatable bonds is 8. The topological polar surface area (TPSA) is 108 Å². The smallest absolute Gasteiger partial charge is 0.251 e. The molecule has 5 fully saturated rings. The Morgan fingerprint density at radius 2 is 1.55 bits per heavy atom. The summed E-state index contributed by atoms with van der Waals surface area (Å²) in [5, 5.41) is 20.0. The first-order chi connectivity index (χ1) is 23.0. The molecule has 270 valence electrons. The maximum absolute atomic E-state index is 14.6. The summed E-state index contributed by atoms with van der Waals surface area (Å²) < 4.78 is 0. The summed E-state index contributed by atoms with van der Waals surface area (Å²) in [5.74, 6) is 2.16. The number of aliphatic hydroxyl groups excluding tert-OH is 1. The molecule has 7 heteroatoms. The maximum atomic E-state index is 14.6. The Morgan fingerprint density at radius 3 is 2.27 bits per heavy atom. The standard InChI is InChI=1S/C42H63N3O4/c1-26(2)30-14-19-42(37(49)45-25-28-10-9-11-29(24-28)36(48)44-23-22-43-27(3)46)21-20-40(7)31(35(30)42)12-13-33-39(6)17-16-34(47)38(4,5)32(39)15-18-41(33,40)8/h9-11,24,30-35,47H,1,12-23,25H2,2-8H3,(H,43,46)(H,44,48)(H,45,49)/t30-,31+,32-,33+,34-,35+,39-,40+,41+,42-/m0/s1. The number of amides is 3. The quantitative estimate of drug-likeness (QED) is 0.173. The lowest BCUT2D eigenvalue weighted by atomic mass is 9.32. The maximum Gasteiger partial charge on any atom is 0.251 e. The van der Waals surface area contributed by atoms with E-state index in [-0.39, 0.29) is 51.4 Å². The number of benzene rings is 1. The molecule has 0 heterocycles. The normalized spacial score (nSPS) is 40.5. The van der Waals surface area contributed by atoms with Gasteiger partial charge in [0.25, 0.3) is 5.91 Å². The highest BCUT2D eigenvalue weighted by atomic mass is 16.3. The molecular weight excluding hydrogens is 610 g/mol. The van der Waals surface area contributed by atoms with Crippen molar-refractivity contribution in [2.45, 2.75) is 125 Å². The van der Waals surface area contributed by atoms with Gasteiger partial charge in [-0.15, -0.1) is 0 Å². The molecule has 1 aromatic carbocycles. The average Bonchev–Trinajstić information content (AvgIpc) is 3.45. The van der Waals surface area contributed by atoms with Crippen molar-refractivity contribution in [2.75, 3.05) is 13.1 Å². The summed E-state index contributed by atoms with van der Waals surface area (Å²) >= 11 is 0. The Morgan fingerprint density at radius 1 is 0.816 bits per heavy atom. The molecule has 4 N–H and O–H groups in total. The van der Waals surface area contributed by atoms with Crippen LogP contribution in [0, 0.1) is 56.7 Å². The SMILES string of the molecule is C=C(C)[C@@H]1CC[C@]2(C(=O)NCc3cccc(C(=O)NCCNC(C)=O)c3)CC[C@]3(C)[C@H](CC[C@@H]4[C@@]5(C)CC[C@H](O)C(C)(C)[C@@H]5CC[C@]43C)[C@@H]12. The van der Waals surface area contributed by atoms with Crippen LogP contribution in [0.5, 0.6) is 0 Å². The van der Waals surface area contributed by atoms with E-state index >= 15 is 0 Å². The number of hydrogen-bond donors (Lipinski definition) is 4. The van der Waals surface area contributed by atoms with Gasteiger partial charge in [0.2, 0.25) is 11.8 Å². The van der Waals surface area contributed by atoms with E-state index in [4.69, 9.17) is 0 Å². The van der Waals surface area contributed by atoms with Gasteiger partial charge in [0.15, 0.2) is 0 Å². The van der Waals surface area contributed by atoms with E-state index in [0.717, 1.165) is 44.1 Å².